The molecular formula is C24H22N2O3. The monoisotopic (exact) mass is 386 g/mol. The van der Waals surface area contributed by atoms with Gasteiger partial charge in [0.2, 0.25) is 5.91 Å². The van der Waals surface area contributed by atoms with E-state index in [0.717, 1.165) is 17.7 Å². The number of fused-ring (bicyclic) bond motifs is 1. The van der Waals surface area contributed by atoms with Gasteiger partial charge in [0.15, 0.2) is 6.61 Å². The number of hydrogen-bond donors (Lipinski definition) is 1. The molecule has 0 unspecified atom stereocenters. The number of hydrogen-bond acceptors (Lipinski definition) is 3. The smallest absolute Gasteiger partial charge is 0.265 e. The molecule has 4 rings (SSSR count). The van der Waals surface area contributed by atoms with Crippen molar-refractivity contribution in [1.29, 1.82) is 0 Å². The summed E-state index contributed by atoms with van der Waals surface area (Å²) in [4.78, 5) is 26.5. The fraction of sp³-hybridized carbons (Fsp3) is 0.167. The Labute approximate surface area is 169 Å². The van der Waals surface area contributed by atoms with Gasteiger partial charge in [-0.3, -0.25) is 9.59 Å². The van der Waals surface area contributed by atoms with Crippen molar-refractivity contribution >= 4 is 23.2 Å². The first-order valence-electron chi connectivity index (χ1n) is 9.64. The Hall–Kier alpha value is -3.60. The molecular weight excluding hydrogens is 364 g/mol. The second-order valence-electron chi connectivity index (χ2n) is 6.92. The van der Waals surface area contributed by atoms with Crippen LogP contribution in [0.2, 0.25) is 0 Å². The van der Waals surface area contributed by atoms with Crippen molar-refractivity contribution in [1.82, 2.24) is 0 Å². The molecule has 1 aliphatic rings. The fourth-order valence-electron chi connectivity index (χ4n) is 3.44. The van der Waals surface area contributed by atoms with E-state index in [4.69, 9.17) is 4.74 Å². The Bertz CT molecular complexity index is 1020. The van der Waals surface area contributed by atoms with Gasteiger partial charge in [0.25, 0.3) is 5.91 Å². The van der Waals surface area contributed by atoms with E-state index in [0.29, 0.717) is 18.0 Å². The third-order valence-corrected chi connectivity index (χ3v) is 4.90. The molecule has 0 saturated carbocycles. The van der Waals surface area contributed by atoms with E-state index >= 15 is 0 Å². The van der Waals surface area contributed by atoms with Crippen LogP contribution in [-0.4, -0.2) is 25.0 Å². The molecule has 29 heavy (non-hydrogen) atoms. The van der Waals surface area contributed by atoms with Crippen LogP contribution in [0.1, 0.15) is 17.5 Å². The number of carbonyl (C=O) groups is 2. The predicted octanol–water partition coefficient (Wildman–Crippen LogP) is 4.03. The largest absolute Gasteiger partial charge is 0.482 e. The zero-order valence-corrected chi connectivity index (χ0v) is 16.0. The number of ether oxygens (including phenoxy) is 1. The summed E-state index contributed by atoms with van der Waals surface area (Å²) in [7, 11) is 0. The Balaban J connectivity index is 1.42. The van der Waals surface area contributed by atoms with Crippen LogP contribution in [0.5, 0.6) is 5.75 Å². The quantitative estimate of drug-likeness (QED) is 0.696. The van der Waals surface area contributed by atoms with Crippen LogP contribution in [-0.2, 0) is 16.0 Å². The number of para-hydroxylation sites is 3. The summed E-state index contributed by atoms with van der Waals surface area (Å²) in [6.07, 6.45) is 0.951. The minimum absolute atomic E-state index is 0.00145. The standard InChI is InChI=1S/C24H22N2O3/c27-23(14-15-26-21-12-6-7-13-22(21)29-17-24(26)28)25-20-11-5-4-10-19(20)16-18-8-2-1-3-9-18/h1-13H,14-17H2,(H,25,27). The predicted molar refractivity (Wildman–Crippen MR) is 113 cm³/mol. The molecule has 5 nitrogen and oxygen atoms in total. The molecule has 3 aromatic carbocycles. The molecule has 3 aromatic rings. The van der Waals surface area contributed by atoms with Crippen molar-refractivity contribution in [2.75, 3.05) is 23.4 Å². The van der Waals surface area contributed by atoms with E-state index in [1.807, 2.05) is 66.7 Å². The molecule has 0 fully saturated rings. The van der Waals surface area contributed by atoms with Gasteiger partial charge in [0.1, 0.15) is 5.75 Å². The summed E-state index contributed by atoms with van der Waals surface area (Å²) in [5.74, 6) is 0.406. The highest BCUT2D eigenvalue weighted by atomic mass is 16.5. The van der Waals surface area contributed by atoms with Crippen LogP contribution >= 0.6 is 0 Å². The first-order valence-corrected chi connectivity index (χ1v) is 9.64. The zero-order valence-electron chi connectivity index (χ0n) is 16.0. The molecule has 5 heteroatoms. The summed E-state index contributed by atoms with van der Waals surface area (Å²) in [6.45, 7) is 0.310. The third kappa shape index (κ3) is 4.46. The highest BCUT2D eigenvalue weighted by Crippen LogP contribution is 2.31. The summed E-state index contributed by atoms with van der Waals surface area (Å²) >= 11 is 0. The lowest BCUT2D eigenvalue weighted by Gasteiger charge is -2.29. The van der Waals surface area contributed by atoms with Crippen LogP contribution in [0.25, 0.3) is 0 Å². The zero-order chi connectivity index (χ0) is 20.1. The Morgan fingerprint density at radius 1 is 0.931 bits per heavy atom. The van der Waals surface area contributed by atoms with E-state index in [2.05, 4.69) is 17.4 Å². The fourth-order valence-corrected chi connectivity index (χ4v) is 3.44. The van der Waals surface area contributed by atoms with Crippen molar-refractivity contribution < 1.29 is 14.3 Å². The number of benzene rings is 3. The van der Waals surface area contributed by atoms with Gasteiger partial charge in [-0.2, -0.15) is 0 Å². The molecule has 0 atom stereocenters. The maximum absolute atomic E-state index is 12.6. The first kappa shape index (κ1) is 18.7. The highest BCUT2D eigenvalue weighted by Gasteiger charge is 2.25. The molecule has 0 radical (unpaired) electrons. The number of nitrogens with zero attached hydrogens (tertiary/aromatic N) is 1. The lowest BCUT2D eigenvalue weighted by molar-refractivity contribution is -0.121. The van der Waals surface area contributed by atoms with E-state index in [1.165, 1.54) is 5.56 Å². The summed E-state index contributed by atoms with van der Waals surface area (Å²) in [6, 6.07) is 25.3. The normalized spacial score (nSPS) is 12.8. The van der Waals surface area contributed by atoms with Gasteiger partial charge in [0, 0.05) is 18.7 Å². The van der Waals surface area contributed by atoms with Crippen molar-refractivity contribution in [2.45, 2.75) is 12.8 Å². The van der Waals surface area contributed by atoms with E-state index in [1.54, 1.807) is 4.90 Å². The number of amides is 2. The Kier molecular flexibility index (Phi) is 5.56. The van der Waals surface area contributed by atoms with Gasteiger partial charge in [0.05, 0.1) is 5.69 Å². The van der Waals surface area contributed by atoms with Crippen LogP contribution in [0.3, 0.4) is 0 Å². The average Bonchev–Trinajstić information content (AvgIpc) is 2.75. The molecule has 0 aliphatic carbocycles. The molecule has 0 spiro atoms. The second kappa shape index (κ2) is 8.61. The molecule has 1 aliphatic heterocycles. The van der Waals surface area contributed by atoms with Gasteiger partial charge >= 0.3 is 0 Å². The van der Waals surface area contributed by atoms with Crippen LogP contribution in [0.4, 0.5) is 11.4 Å². The van der Waals surface area contributed by atoms with Crippen molar-refractivity contribution in [2.24, 2.45) is 0 Å². The lowest BCUT2D eigenvalue weighted by atomic mass is 10.0. The van der Waals surface area contributed by atoms with E-state index in [-0.39, 0.29) is 24.8 Å². The minimum Gasteiger partial charge on any atom is -0.482 e. The molecule has 1 heterocycles. The molecule has 146 valence electrons. The SMILES string of the molecule is O=C(CCN1C(=O)COc2ccccc21)Nc1ccccc1Cc1ccccc1. The average molecular weight is 386 g/mol. The molecule has 1 N–H and O–H groups in total. The van der Waals surface area contributed by atoms with Crippen LogP contribution in [0.15, 0.2) is 78.9 Å². The van der Waals surface area contributed by atoms with Crippen molar-refractivity contribution in [3.05, 3.63) is 90.0 Å². The van der Waals surface area contributed by atoms with Gasteiger partial charge < -0.3 is 15.0 Å². The number of carbonyl (C=O) groups excluding carboxylic acids is 2. The maximum atomic E-state index is 12.6. The Morgan fingerprint density at radius 3 is 2.52 bits per heavy atom. The molecule has 0 bridgehead atoms. The Morgan fingerprint density at radius 2 is 1.66 bits per heavy atom. The highest BCUT2D eigenvalue weighted by molar-refractivity contribution is 5.99. The van der Waals surface area contributed by atoms with Crippen molar-refractivity contribution in [3.63, 3.8) is 0 Å². The number of nitrogens with one attached hydrogen (secondary N) is 1. The summed E-state index contributed by atoms with van der Waals surface area (Å²) in [5.41, 5.74) is 3.75. The molecule has 0 saturated heterocycles. The van der Waals surface area contributed by atoms with Crippen LogP contribution < -0.4 is 15.0 Å². The molecule has 2 amide bonds. The van der Waals surface area contributed by atoms with Gasteiger partial charge in [-0.1, -0.05) is 60.7 Å². The number of rotatable bonds is 6. The summed E-state index contributed by atoms with van der Waals surface area (Å²) < 4.78 is 5.45. The minimum atomic E-state index is -0.138. The summed E-state index contributed by atoms with van der Waals surface area (Å²) in [5, 5.41) is 3.00. The van der Waals surface area contributed by atoms with Gasteiger partial charge in [-0.25, -0.2) is 0 Å². The third-order valence-electron chi connectivity index (χ3n) is 4.90. The topological polar surface area (TPSA) is 58.6 Å². The first-order chi connectivity index (χ1) is 14.2. The van der Waals surface area contributed by atoms with Crippen molar-refractivity contribution in [3.8, 4) is 5.75 Å². The lowest BCUT2D eigenvalue weighted by Crippen LogP contribution is -2.40. The maximum Gasteiger partial charge on any atom is 0.265 e. The van der Waals surface area contributed by atoms with Gasteiger partial charge in [-0.05, 0) is 35.7 Å². The van der Waals surface area contributed by atoms with Crippen LogP contribution in [0, 0.1) is 0 Å². The second-order valence-corrected chi connectivity index (χ2v) is 6.92. The molecule has 0 aromatic heterocycles. The van der Waals surface area contributed by atoms with E-state index in [9.17, 15) is 9.59 Å². The van der Waals surface area contributed by atoms with E-state index < -0.39 is 0 Å². The number of anilines is 2. The van der Waals surface area contributed by atoms with Gasteiger partial charge in [-0.15, -0.1) is 0 Å².